The molecule has 3 N–H and O–H groups in total. The minimum absolute atomic E-state index is 0.0850. The molecule has 5 nitrogen and oxygen atoms in total. The molecule has 0 unspecified atom stereocenters. The number of hydrogen-bond donors (Lipinski definition) is 2. The monoisotopic (exact) mass is 342 g/mol. The summed E-state index contributed by atoms with van der Waals surface area (Å²) in [7, 11) is 0. The summed E-state index contributed by atoms with van der Waals surface area (Å²) in [5, 5.41) is 1.46. The largest absolute Gasteiger partial charge is 0.489 e. The Morgan fingerprint density at radius 2 is 2.00 bits per heavy atom. The highest BCUT2D eigenvalue weighted by molar-refractivity contribution is 6.30. The van der Waals surface area contributed by atoms with Crippen molar-refractivity contribution in [1.82, 2.24) is 4.98 Å². The summed E-state index contributed by atoms with van der Waals surface area (Å²) in [4.78, 5) is 25.7. The molecule has 0 aliphatic heterocycles. The molecule has 0 spiro atoms. The van der Waals surface area contributed by atoms with Crippen LogP contribution in [0.3, 0.4) is 0 Å². The number of nitrogens with two attached hydrogens (primary N) is 1. The van der Waals surface area contributed by atoms with Crippen molar-refractivity contribution < 1.29 is 9.53 Å². The number of rotatable bonds is 5. The number of H-pyrrole nitrogens is 1. The molecule has 0 saturated heterocycles. The SMILES string of the molecule is NC(=O)Cc1cc2ccc(OCc3cccc(Cl)c3)cc2[nH]c1=O. The van der Waals surface area contributed by atoms with E-state index in [1.807, 2.05) is 24.3 Å². The quantitative estimate of drug-likeness (QED) is 0.747. The number of amides is 1. The van der Waals surface area contributed by atoms with Crippen LogP contribution in [0, 0.1) is 0 Å². The number of aromatic amines is 1. The fourth-order valence-electron chi connectivity index (χ4n) is 2.43. The Labute approximate surface area is 143 Å². The first-order valence-corrected chi connectivity index (χ1v) is 7.70. The average molecular weight is 343 g/mol. The van der Waals surface area contributed by atoms with E-state index in [-0.39, 0.29) is 12.0 Å². The lowest BCUT2D eigenvalue weighted by molar-refractivity contribution is -0.117. The number of fused-ring (bicyclic) bond motifs is 1. The molecule has 0 bridgehead atoms. The van der Waals surface area contributed by atoms with E-state index in [0.717, 1.165) is 10.9 Å². The van der Waals surface area contributed by atoms with Crippen LogP contribution in [0.4, 0.5) is 0 Å². The van der Waals surface area contributed by atoms with Crippen molar-refractivity contribution in [1.29, 1.82) is 0 Å². The van der Waals surface area contributed by atoms with Gasteiger partial charge >= 0.3 is 0 Å². The van der Waals surface area contributed by atoms with E-state index in [0.29, 0.717) is 28.5 Å². The number of ether oxygens (including phenoxy) is 1. The molecule has 3 aromatic rings. The first-order valence-electron chi connectivity index (χ1n) is 7.33. The van der Waals surface area contributed by atoms with E-state index in [9.17, 15) is 9.59 Å². The molecule has 6 heteroatoms. The molecule has 1 heterocycles. The summed E-state index contributed by atoms with van der Waals surface area (Å²) < 4.78 is 5.74. The van der Waals surface area contributed by atoms with Crippen LogP contribution < -0.4 is 16.0 Å². The third-order valence-electron chi connectivity index (χ3n) is 3.55. The maximum absolute atomic E-state index is 12.0. The molecule has 0 aliphatic carbocycles. The summed E-state index contributed by atoms with van der Waals surface area (Å²) >= 11 is 5.94. The number of benzene rings is 2. The number of carbonyl (C=O) groups excluding carboxylic acids is 1. The van der Waals surface area contributed by atoms with Crippen molar-refractivity contribution >= 4 is 28.4 Å². The van der Waals surface area contributed by atoms with E-state index in [1.165, 1.54) is 0 Å². The second-order valence-electron chi connectivity index (χ2n) is 5.43. The molecule has 0 fully saturated rings. The smallest absolute Gasteiger partial charge is 0.252 e. The van der Waals surface area contributed by atoms with Crippen molar-refractivity contribution in [3.8, 4) is 5.75 Å². The van der Waals surface area contributed by atoms with Crippen LogP contribution in [0.1, 0.15) is 11.1 Å². The highest BCUT2D eigenvalue weighted by Gasteiger charge is 2.07. The zero-order valence-corrected chi connectivity index (χ0v) is 13.5. The number of nitrogens with one attached hydrogen (secondary N) is 1. The van der Waals surface area contributed by atoms with Crippen molar-refractivity contribution in [2.24, 2.45) is 5.73 Å². The lowest BCUT2D eigenvalue weighted by atomic mass is 10.1. The Morgan fingerprint density at radius 1 is 1.17 bits per heavy atom. The van der Waals surface area contributed by atoms with Crippen molar-refractivity contribution in [3.05, 3.63) is 75.0 Å². The van der Waals surface area contributed by atoms with Crippen LogP contribution in [-0.2, 0) is 17.8 Å². The van der Waals surface area contributed by atoms with Crippen LogP contribution in [0.25, 0.3) is 10.9 Å². The van der Waals surface area contributed by atoms with E-state index < -0.39 is 5.91 Å². The fraction of sp³-hybridized carbons (Fsp3) is 0.111. The lowest BCUT2D eigenvalue weighted by Gasteiger charge is -2.08. The Balaban J connectivity index is 1.83. The van der Waals surface area contributed by atoms with Crippen LogP contribution in [0.15, 0.2) is 53.3 Å². The third-order valence-corrected chi connectivity index (χ3v) is 3.79. The van der Waals surface area contributed by atoms with Gasteiger partial charge in [-0.2, -0.15) is 0 Å². The first-order chi connectivity index (χ1) is 11.5. The van der Waals surface area contributed by atoms with E-state index >= 15 is 0 Å². The predicted octanol–water partition coefficient (Wildman–Crippen LogP) is 2.79. The Morgan fingerprint density at radius 3 is 2.75 bits per heavy atom. The van der Waals surface area contributed by atoms with E-state index in [2.05, 4.69) is 4.98 Å². The second kappa shape index (κ2) is 6.76. The van der Waals surface area contributed by atoms with Gasteiger partial charge in [-0.3, -0.25) is 9.59 Å². The van der Waals surface area contributed by atoms with Gasteiger partial charge in [-0.05, 0) is 41.3 Å². The molecule has 0 radical (unpaired) electrons. The molecule has 24 heavy (non-hydrogen) atoms. The van der Waals surface area contributed by atoms with Gasteiger partial charge in [0, 0.05) is 16.7 Å². The Hall–Kier alpha value is -2.79. The number of carbonyl (C=O) groups is 1. The minimum atomic E-state index is -0.540. The topological polar surface area (TPSA) is 85.2 Å². The second-order valence-corrected chi connectivity index (χ2v) is 5.87. The Bertz CT molecular complexity index is 966. The molecule has 1 aromatic heterocycles. The summed E-state index contributed by atoms with van der Waals surface area (Å²) in [6.45, 7) is 0.371. The number of aromatic nitrogens is 1. The lowest BCUT2D eigenvalue weighted by Crippen LogP contribution is -2.21. The van der Waals surface area contributed by atoms with Crippen LogP contribution in [0.5, 0.6) is 5.75 Å². The van der Waals surface area contributed by atoms with Gasteiger partial charge in [0.1, 0.15) is 12.4 Å². The molecule has 1 amide bonds. The van der Waals surface area contributed by atoms with Gasteiger partial charge in [0.2, 0.25) is 5.91 Å². The van der Waals surface area contributed by atoms with Crippen LogP contribution in [0.2, 0.25) is 5.02 Å². The van der Waals surface area contributed by atoms with Gasteiger partial charge < -0.3 is 15.5 Å². The van der Waals surface area contributed by atoms with Gasteiger partial charge in [-0.1, -0.05) is 23.7 Å². The van der Waals surface area contributed by atoms with Crippen molar-refractivity contribution in [3.63, 3.8) is 0 Å². The normalized spacial score (nSPS) is 10.7. The molecule has 2 aromatic carbocycles. The van der Waals surface area contributed by atoms with Gasteiger partial charge in [0.15, 0.2) is 0 Å². The van der Waals surface area contributed by atoms with Gasteiger partial charge in [-0.25, -0.2) is 0 Å². The maximum Gasteiger partial charge on any atom is 0.252 e. The third kappa shape index (κ3) is 3.75. The number of pyridine rings is 1. The van der Waals surface area contributed by atoms with Gasteiger partial charge in [0.05, 0.1) is 11.9 Å². The molecule has 122 valence electrons. The fourth-order valence-corrected chi connectivity index (χ4v) is 2.64. The van der Waals surface area contributed by atoms with Gasteiger partial charge in [0.25, 0.3) is 5.56 Å². The summed E-state index contributed by atoms with van der Waals surface area (Å²) in [5.74, 6) is 0.0853. The molecule has 0 atom stereocenters. The zero-order chi connectivity index (χ0) is 17.1. The van der Waals surface area contributed by atoms with E-state index in [1.54, 1.807) is 24.3 Å². The van der Waals surface area contributed by atoms with Crippen molar-refractivity contribution in [2.75, 3.05) is 0 Å². The zero-order valence-electron chi connectivity index (χ0n) is 12.7. The Kier molecular flexibility index (Phi) is 4.53. The number of hydrogen-bond acceptors (Lipinski definition) is 3. The molecular formula is C18H15ClN2O3. The van der Waals surface area contributed by atoms with Crippen LogP contribution >= 0.6 is 11.6 Å². The summed E-state index contributed by atoms with van der Waals surface area (Å²) in [5.41, 5.74) is 6.76. The molecule has 0 saturated carbocycles. The maximum atomic E-state index is 12.0. The standard InChI is InChI=1S/C18H15ClN2O3/c19-14-3-1-2-11(6-14)10-24-15-5-4-12-7-13(8-17(20)22)18(23)21-16(12)9-15/h1-7,9H,8,10H2,(H2,20,22)(H,21,23). The highest BCUT2D eigenvalue weighted by atomic mass is 35.5. The number of halogens is 1. The molecule has 3 rings (SSSR count). The summed E-state index contributed by atoms with van der Waals surface area (Å²) in [6.07, 6.45) is -0.0850. The predicted molar refractivity (Wildman–Crippen MR) is 93.3 cm³/mol. The highest BCUT2D eigenvalue weighted by Crippen LogP contribution is 2.20. The minimum Gasteiger partial charge on any atom is -0.489 e. The first kappa shape index (κ1) is 16.1. The van der Waals surface area contributed by atoms with E-state index in [4.69, 9.17) is 22.1 Å². The average Bonchev–Trinajstić information content (AvgIpc) is 2.53. The van der Waals surface area contributed by atoms with Crippen LogP contribution in [-0.4, -0.2) is 10.9 Å². The molecular weight excluding hydrogens is 328 g/mol. The number of primary amides is 1. The van der Waals surface area contributed by atoms with Crippen molar-refractivity contribution in [2.45, 2.75) is 13.0 Å². The van der Waals surface area contributed by atoms with Gasteiger partial charge in [-0.15, -0.1) is 0 Å². The molecule has 0 aliphatic rings. The summed E-state index contributed by atoms with van der Waals surface area (Å²) in [6, 6.07) is 14.5.